The standard InChI is InChI=1S/C21H22N6S3/c1-22-20-25-26-21(30-20)29-19-17-15(14-8-4-2-5-9-14)13-28-18(17)23-16(24-19)12-27-10-6-3-7-11-27/h2,4-5,8-9,13H,3,6-7,10-12H2,1H3,(H,22,25). The molecule has 1 N–H and O–H groups in total. The monoisotopic (exact) mass is 454 g/mol. The Morgan fingerprint density at radius 1 is 1.07 bits per heavy atom. The van der Waals surface area contributed by atoms with Gasteiger partial charge in [-0.1, -0.05) is 48.1 Å². The van der Waals surface area contributed by atoms with Crippen molar-refractivity contribution < 1.29 is 0 Å². The summed E-state index contributed by atoms with van der Waals surface area (Å²) in [7, 11) is 1.86. The highest BCUT2D eigenvalue weighted by atomic mass is 32.2. The van der Waals surface area contributed by atoms with Crippen LogP contribution in [0.2, 0.25) is 0 Å². The molecule has 9 heteroatoms. The Kier molecular flexibility index (Phi) is 5.94. The van der Waals surface area contributed by atoms with E-state index < -0.39 is 0 Å². The molecule has 4 aromatic rings. The van der Waals surface area contributed by atoms with Crippen molar-refractivity contribution in [2.24, 2.45) is 0 Å². The Morgan fingerprint density at radius 3 is 2.67 bits per heavy atom. The minimum absolute atomic E-state index is 0.806. The molecule has 0 bridgehead atoms. The van der Waals surface area contributed by atoms with E-state index in [0.717, 1.165) is 50.2 Å². The number of fused-ring (bicyclic) bond motifs is 1. The fourth-order valence-corrected chi connectivity index (χ4v) is 6.49. The van der Waals surface area contributed by atoms with Crippen LogP contribution in [0.4, 0.5) is 5.13 Å². The van der Waals surface area contributed by atoms with E-state index in [1.54, 1.807) is 34.4 Å². The van der Waals surface area contributed by atoms with Gasteiger partial charge in [-0.15, -0.1) is 21.5 Å². The van der Waals surface area contributed by atoms with Crippen LogP contribution in [0.3, 0.4) is 0 Å². The third kappa shape index (κ3) is 4.20. The van der Waals surface area contributed by atoms with Gasteiger partial charge in [-0.25, -0.2) is 9.97 Å². The zero-order chi connectivity index (χ0) is 20.3. The molecule has 0 unspecified atom stereocenters. The molecule has 1 saturated heterocycles. The molecule has 4 heterocycles. The molecular formula is C21H22N6S3. The number of thiophene rings is 1. The van der Waals surface area contributed by atoms with E-state index in [-0.39, 0.29) is 0 Å². The molecule has 3 aromatic heterocycles. The first-order chi connectivity index (χ1) is 14.8. The molecule has 154 valence electrons. The van der Waals surface area contributed by atoms with Crippen LogP contribution < -0.4 is 5.32 Å². The van der Waals surface area contributed by atoms with Crippen molar-refractivity contribution in [3.8, 4) is 11.1 Å². The summed E-state index contributed by atoms with van der Waals surface area (Å²) >= 11 is 4.82. The Bertz CT molecular complexity index is 1130. The Labute approximate surface area is 187 Å². The molecule has 1 aliphatic heterocycles. The topological polar surface area (TPSA) is 66.8 Å². The maximum Gasteiger partial charge on any atom is 0.206 e. The Hall–Kier alpha value is -2.07. The summed E-state index contributed by atoms with van der Waals surface area (Å²) in [6.45, 7) is 3.07. The molecule has 0 spiro atoms. The van der Waals surface area contributed by atoms with Gasteiger partial charge in [0.15, 0.2) is 4.34 Å². The highest BCUT2D eigenvalue weighted by molar-refractivity contribution is 8.01. The van der Waals surface area contributed by atoms with Gasteiger partial charge in [0.1, 0.15) is 15.7 Å². The van der Waals surface area contributed by atoms with Gasteiger partial charge in [-0.3, -0.25) is 4.90 Å². The predicted molar refractivity (Wildman–Crippen MR) is 126 cm³/mol. The van der Waals surface area contributed by atoms with E-state index in [4.69, 9.17) is 9.97 Å². The van der Waals surface area contributed by atoms with Crippen LogP contribution in [-0.4, -0.2) is 45.2 Å². The molecule has 0 aliphatic carbocycles. The summed E-state index contributed by atoms with van der Waals surface area (Å²) in [5, 5.41) is 16.6. The fraction of sp³-hybridized carbons (Fsp3) is 0.333. The molecule has 0 saturated carbocycles. The number of piperidine rings is 1. The largest absolute Gasteiger partial charge is 0.363 e. The lowest BCUT2D eigenvalue weighted by Crippen LogP contribution is -2.29. The van der Waals surface area contributed by atoms with Crippen LogP contribution in [0.1, 0.15) is 25.1 Å². The van der Waals surface area contributed by atoms with Gasteiger partial charge >= 0.3 is 0 Å². The Balaban J connectivity index is 1.57. The minimum Gasteiger partial charge on any atom is -0.363 e. The molecule has 1 aromatic carbocycles. The third-order valence-corrected chi connectivity index (χ3v) is 8.00. The quantitative estimate of drug-likeness (QED) is 0.392. The van der Waals surface area contributed by atoms with E-state index >= 15 is 0 Å². The molecular weight excluding hydrogens is 432 g/mol. The van der Waals surface area contributed by atoms with Crippen LogP contribution in [0.15, 0.2) is 45.1 Å². The number of aromatic nitrogens is 4. The average molecular weight is 455 g/mol. The van der Waals surface area contributed by atoms with Gasteiger partial charge in [0, 0.05) is 18.0 Å². The van der Waals surface area contributed by atoms with E-state index in [1.807, 2.05) is 13.1 Å². The molecule has 5 rings (SSSR count). The zero-order valence-corrected chi connectivity index (χ0v) is 19.1. The first kappa shape index (κ1) is 19.9. The second-order valence-electron chi connectivity index (χ2n) is 7.20. The molecule has 30 heavy (non-hydrogen) atoms. The SMILES string of the molecule is CNc1nnc(Sc2nc(CN3CCCCC3)nc3scc(-c4ccccc4)c23)s1. The number of anilines is 1. The second-order valence-corrected chi connectivity index (χ2v) is 10.3. The number of nitrogens with one attached hydrogen (secondary N) is 1. The molecule has 6 nitrogen and oxygen atoms in total. The van der Waals surface area contributed by atoms with Crippen LogP contribution >= 0.6 is 34.4 Å². The number of hydrogen-bond acceptors (Lipinski definition) is 9. The van der Waals surface area contributed by atoms with E-state index in [0.29, 0.717) is 0 Å². The summed E-state index contributed by atoms with van der Waals surface area (Å²) in [5.41, 5.74) is 2.37. The number of rotatable bonds is 6. The predicted octanol–water partition coefficient (Wildman–Crippen LogP) is 5.39. The summed E-state index contributed by atoms with van der Waals surface area (Å²) < 4.78 is 0.883. The summed E-state index contributed by atoms with van der Waals surface area (Å²) in [5.74, 6) is 0.895. The van der Waals surface area contributed by atoms with Crippen LogP contribution in [0, 0.1) is 0 Å². The molecule has 1 fully saturated rings. The van der Waals surface area contributed by atoms with Crippen molar-refractivity contribution in [1.29, 1.82) is 0 Å². The normalized spacial score (nSPS) is 15.0. The first-order valence-electron chi connectivity index (χ1n) is 10.0. The van der Waals surface area contributed by atoms with Crippen molar-refractivity contribution in [1.82, 2.24) is 25.1 Å². The van der Waals surface area contributed by atoms with Crippen molar-refractivity contribution >= 4 is 49.8 Å². The van der Waals surface area contributed by atoms with Crippen molar-refractivity contribution in [3.05, 3.63) is 41.5 Å². The van der Waals surface area contributed by atoms with Gasteiger partial charge in [-0.2, -0.15) is 0 Å². The van der Waals surface area contributed by atoms with Gasteiger partial charge in [0.05, 0.1) is 11.9 Å². The smallest absolute Gasteiger partial charge is 0.206 e. The van der Waals surface area contributed by atoms with E-state index in [9.17, 15) is 0 Å². The average Bonchev–Trinajstić information content (AvgIpc) is 3.42. The Morgan fingerprint density at radius 2 is 1.90 bits per heavy atom. The lowest BCUT2D eigenvalue weighted by Gasteiger charge is -2.25. The number of hydrogen-bond donors (Lipinski definition) is 1. The van der Waals surface area contributed by atoms with Crippen molar-refractivity contribution in [3.63, 3.8) is 0 Å². The summed E-state index contributed by atoms with van der Waals surface area (Å²) in [6, 6.07) is 10.5. The number of likely N-dealkylation sites (tertiary alicyclic amines) is 1. The maximum absolute atomic E-state index is 5.02. The zero-order valence-electron chi connectivity index (χ0n) is 16.7. The first-order valence-corrected chi connectivity index (χ1v) is 12.6. The minimum atomic E-state index is 0.806. The highest BCUT2D eigenvalue weighted by Crippen LogP contribution is 2.41. The lowest BCUT2D eigenvalue weighted by atomic mass is 10.1. The van der Waals surface area contributed by atoms with E-state index in [2.05, 4.69) is 50.1 Å². The van der Waals surface area contributed by atoms with Gasteiger partial charge < -0.3 is 5.32 Å². The van der Waals surface area contributed by atoms with Crippen LogP contribution in [-0.2, 0) is 6.54 Å². The second kappa shape index (κ2) is 8.97. The number of benzene rings is 1. The van der Waals surface area contributed by atoms with Crippen molar-refractivity contribution in [2.45, 2.75) is 35.2 Å². The maximum atomic E-state index is 5.02. The highest BCUT2D eigenvalue weighted by Gasteiger charge is 2.20. The van der Waals surface area contributed by atoms with Gasteiger partial charge in [0.25, 0.3) is 0 Å². The van der Waals surface area contributed by atoms with Gasteiger partial charge in [0.2, 0.25) is 5.13 Å². The molecule has 1 aliphatic rings. The van der Waals surface area contributed by atoms with Crippen LogP contribution in [0.25, 0.3) is 21.3 Å². The summed E-state index contributed by atoms with van der Waals surface area (Å²) in [4.78, 5) is 13.5. The van der Waals surface area contributed by atoms with E-state index in [1.165, 1.54) is 30.4 Å². The van der Waals surface area contributed by atoms with Gasteiger partial charge in [-0.05, 0) is 43.3 Å². The molecule has 0 radical (unpaired) electrons. The summed E-state index contributed by atoms with van der Waals surface area (Å²) in [6.07, 6.45) is 3.85. The third-order valence-electron chi connectivity index (χ3n) is 5.15. The lowest BCUT2D eigenvalue weighted by molar-refractivity contribution is 0.216. The van der Waals surface area contributed by atoms with Crippen molar-refractivity contribution in [2.75, 3.05) is 25.5 Å². The molecule has 0 atom stereocenters. The fourth-order valence-electron chi connectivity index (χ4n) is 3.68. The molecule has 0 amide bonds. The van der Waals surface area contributed by atoms with Crippen LogP contribution in [0.5, 0.6) is 0 Å². The number of nitrogens with zero attached hydrogens (tertiary/aromatic N) is 5.